The van der Waals surface area contributed by atoms with Gasteiger partial charge in [-0.25, -0.2) is 0 Å². The molecule has 0 fully saturated rings. The van der Waals surface area contributed by atoms with E-state index in [0.717, 1.165) is 18.2 Å². The molecule has 0 spiro atoms. The molecule has 0 atom stereocenters. The molecule has 3 aromatic carbocycles. The van der Waals surface area contributed by atoms with Crippen molar-refractivity contribution in [3.8, 4) is 11.3 Å². The van der Waals surface area contributed by atoms with Gasteiger partial charge in [-0.2, -0.15) is 21.6 Å². The molecule has 0 aliphatic carbocycles. The Hall–Kier alpha value is -3.83. The zero-order valence-corrected chi connectivity index (χ0v) is 17.5. The molecule has 33 heavy (non-hydrogen) atoms. The van der Waals surface area contributed by atoms with E-state index in [0.29, 0.717) is 11.1 Å². The van der Waals surface area contributed by atoms with E-state index in [1.54, 1.807) is 18.2 Å². The van der Waals surface area contributed by atoms with Gasteiger partial charge in [-0.15, -0.1) is 10.2 Å². The standard InChI is InChI=1S/C22H15F3N4O3S/c23-22(24,25)14-5-3-4-13(10-14)18-9-8-15(12-27-18)28-29-19-11-20(33(30,31)32)16-6-1-2-7-17(16)21(19)26/h1-12H,26H2,(H,30,31,32). The fourth-order valence-corrected chi connectivity index (χ4v) is 3.95. The van der Waals surface area contributed by atoms with E-state index in [4.69, 9.17) is 5.73 Å². The number of alkyl halides is 3. The van der Waals surface area contributed by atoms with Crippen LogP contribution in [0.1, 0.15) is 5.56 Å². The number of nitrogens with two attached hydrogens (primary N) is 1. The van der Waals surface area contributed by atoms with E-state index >= 15 is 0 Å². The van der Waals surface area contributed by atoms with Gasteiger partial charge >= 0.3 is 6.18 Å². The van der Waals surface area contributed by atoms with Crippen molar-refractivity contribution in [1.29, 1.82) is 0 Å². The molecule has 11 heteroatoms. The molecular formula is C22H15F3N4O3S. The zero-order chi connectivity index (χ0) is 23.8. The Balaban J connectivity index is 1.68. The molecule has 0 amide bonds. The van der Waals surface area contributed by atoms with Crippen LogP contribution in [0.4, 0.5) is 30.2 Å². The summed E-state index contributed by atoms with van der Waals surface area (Å²) in [6.07, 6.45) is -3.16. The summed E-state index contributed by atoms with van der Waals surface area (Å²) in [6, 6.07) is 15.2. The van der Waals surface area contributed by atoms with Crippen LogP contribution in [-0.2, 0) is 16.3 Å². The van der Waals surface area contributed by atoms with Crippen molar-refractivity contribution in [1.82, 2.24) is 4.98 Å². The number of nitrogens with zero attached hydrogens (tertiary/aromatic N) is 3. The number of rotatable bonds is 4. The quantitative estimate of drug-likeness (QED) is 0.209. The van der Waals surface area contributed by atoms with Gasteiger partial charge in [0.1, 0.15) is 16.3 Å². The molecule has 4 aromatic rings. The zero-order valence-electron chi connectivity index (χ0n) is 16.7. The summed E-state index contributed by atoms with van der Waals surface area (Å²) < 4.78 is 72.0. The molecule has 0 radical (unpaired) electrons. The minimum absolute atomic E-state index is 0.0169. The van der Waals surface area contributed by atoms with Crippen LogP contribution in [0.5, 0.6) is 0 Å². The maximum absolute atomic E-state index is 12.9. The molecule has 0 aliphatic rings. The first-order chi connectivity index (χ1) is 15.5. The maximum atomic E-state index is 12.9. The van der Waals surface area contributed by atoms with Crippen LogP contribution >= 0.6 is 0 Å². The van der Waals surface area contributed by atoms with E-state index in [1.807, 2.05) is 0 Å². The van der Waals surface area contributed by atoms with E-state index in [9.17, 15) is 26.1 Å². The SMILES string of the molecule is Nc1c(N=Nc2ccc(-c3cccc(C(F)(F)F)c3)nc2)cc(S(=O)(=O)O)c2ccccc12. The van der Waals surface area contributed by atoms with Gasteiger partial charge in [-0.1, -0.05) is 36.4 Å². The van der Waals surface area contributed by atoms with Crippen molar-refractivity contribution in [3.05, 3.63) is 78.5 Å². The summed E-state index contributed by atoms with van der Waals surface area (Å²) in [7, 11) is -4.55. The van der Waals surface area contributed by atoms with Crippen LogP contribution < -0.4 is 5.73 Å². The molecular weight excluding hydrogens is 457 g/mol. The Morgan fingerprint density at radius 2 is 1.64 bits per heavy atom. The van der Waals surface area contributed by atoms with Crippen molar-refractivity contribution in [2.45, 2.75) is 11.1 Å². The fraction of sp³-hybridized carbons (Fsp3) is 0.0455. The lowest BCUT2D eigenvalue weighted by Crippen LogP contribution is -2.04. The van der Waals surface area contributed by atoms with E-state index in [2.05, 4.69) is 15.2 Å². The fourth-order valence-electron chi connectivity index (χ4n) is 3.23. The predicted octanol–water partition coefficient (Wildman–Crippen LogP) is 6.16. The van der Waals surface area contributed by atoms with Crippen LogP contribution in [0.25, 0.3) is 22.0 Å². The Morgan fingerprint density at radius 3 is 2.27 bits per heavy atom. The summed E-state index contributed by atoms with van der Waals surface area (Å²) in [5.41, 5.74) is 6.34. The third-order valence-electron chi connectivity index (χ3n) is 4.81. The Morgan fingerprint density at radius 1 is 0.909 bits per heavy atom. The van der Waals surface area contributed by atoms with Crippen molar-refractivity contribution < 1.29 is 26.1 Å². The van der Waals surface area contributed by atoms with Gasteiger partial charge in [0.25, 0.3) is 10.1 Å². The Kier molecular flexibility index (Phi) is 5.60. The second-order valence-corrected chi connectivity index (χ2v) is 8.40. The highest BCUT2D eigenvalue weighted by Crippen LogP contribution is 2.37. The van der Waals surface area contributed by atoms with Gasteiger partial charge in [-0.3, -0.25) is 9.54 Å². The lowest BCUT2D eigenvalue weighted by atomic mass is 10.1. The minimum Gasteiger partial charge on any atom is -0.396 e. The number of aromatic nitrogens is 1. The molecule has 0 unspecified atom stereocenters. The number of anilines is 1. The smallest absolute Gasteiger partial charge is 0.396 e. The monoisotopic (exact) mass is 472 g/mol. The van der Waals surface area contributed by atoms with Gasteiger partial charge in [0, 0.05) is 16.3 Å². The molecule has 0 aliphatic heterocycles. The summed E-state index contributed by atoms with van der Waals surface area (Å²) in [5.74, 6) is 0. The lowest BCUT2D eigenvalue weighted by Gasteiger charge is -2.09. The van der Waals surface area contributed by atoms with Gasteiger partial charge in [0.15, 0.2) is 0 Å². The number of fused-ring (bicyclic) bond motifs is 1. The van der Waals surface area contributed by atoms with Crippen molar-refractivity contribution in [2.75, 3.05) is 5.73 Å². The molecule has 0 saturated carbocycles. The molecule has 1 heterocycles. The minimum atomic E-state index is -4.55. The number of hydrogen-bond acceptors (Lipinski definition) is 6. The summed E-state index contributed by atoms with van der Waals surface area (Å²) in [6.45, 7) is 0. The van der Waals surface area contributed by atoms with Gasteiger partial charge in [-0.05, 0) is 30.3 Å². The van der Waals surface area contributed by atoms with E-state index in [-0.39, 0.29) is 32.9 Å². The highest BCUT2D eigenvalue weighted by atomic mass is 32.2. The van der Waals surface area contributed by atoms with Crippen molar-refractivity contribution in [3.63, 3.8) is 0 Å². The van der Waals surface area contributed by atoms with Gasteiger partial charge < -0.3 is 5.73 Å². The second-order valence-electron chi connectivity index (χ2n) is 7.01. The second kappa shape index (κ2) is 8.26. The average molecular weight is 472 g/mol. The lowest BCUT2D eigenvalue weighted by molar-refractivity contribution is -0.137. The Bertz CT molecular complexity index is 1490. The van der Waals surface area contributed by atoms with Crippen molar-refractivity contribution in [2.24, 2.45) is 10.2 Å². The first-order valence-corrected chi connectivity index (χ1v) is 10.8. The first kappa shape index (κ1) is 22.4. The number of benzene rings is 3. The third kappa shape index (κ3) is 4.69. The highest BCUT2D eigenvalue weighted by Gasteiger charge is 2.30. The molecule has 7 nitrogen and oxygen atoms in total. The normalized spacial score (nSPS) is 12.5. The number of nitrogen functional groups attached to an aromatic ring is 1. The van der Waals surface area contributed by atoms with Crippen LogP contribution in [0.2, 0.25) is 0 Å². The van der Waals surface area contributed by atoms with Gasteiger partial charge in [0.05, 0.1) is 23.1 Å². The molecule has 4 rings (SSSR count). The third-order valence-corrected chi connectivity index (χ3v) is 5.70. The molecule has 1 aromatic heterocycles. The predicted molar refractivity (Wildman–Crippen MR) is 117 cm³/mol. The number of azo groups is 1. The summed E-state index contributed by atoms with van der Waals surface area (Å²) in [5, 5.41) is 8.58. The molecule has 0 saturated heterocycles. The Labute approximate surface area is 186 Å². The van der Waals surface area contributed by atoms with E-state index in [1.165, 1.54) is 36.5 Å². The first-order valence-electron chi connectivity index (χ1n) is 9.38. The van der Waals surface area contributed by atoms with Crippen LogP contribution in [0.3, 0.4) is 0 Å². The van der Waals surface area contributed by atoms with Crippen LogP contribution in [0.15, 0.2) is 88.1 Å². The molecule has 168 valence electrons. The summed E-state index contributed by atoms with van der Waals surface area (Å²) >= 11 is 0. The van der Waals surface area contributed by atoms with Crippen molar-refractivity contribution >= 4 is 38.0 Å². The molecule has 0 bridgehead atoms. The topological polar surface area (TPSA) is 118 Å². The maximum Gasteiger partial charge on any atom is 0.416 e. The van der Waals surface area contributed by atoms with Crippen LogP contribution in [-0.4, -0.2) is 18.0 Å². The number of hydrogen-bond donors (Lipinski definition) is 2. The average Bonchev–Trinajstić information content (AvgIpc) is 2.78. The number of pyridine rings is 1. The highest BCUT2D eigenvalue weighted by molar-refractivity contribution is 7.86. The summed E-state index contributed by atoms with van der Waals surface area (Å²) in [4.78, 5) is 3.76. The van der Waals surface area contributed by atoms with Crippen LogP contribution in [0, 0.1) is 0 Å². The van der Waals surface area contributed by atoms with E-state index < -0.39 is 21.9 Å². The number of halogens is 3. The largest absolute Gasteiger partial charge is 0.416 e. The molecule has 3 N–H and O–H groups in total. The van der Waals surface area contributed by atoms with Gasteiger partial charge in [0.2, 0.25) is 0 Å².